The second-order valence-corrected chi connectivity index (χ2v) is 6.55. The molecule has 0 bridgehead atoms. The fourth-order valence-electron chi connectivity index (χ4n) is 2.98. The highest BCUT2D eigenvalue weighted by Gasteiger charge is 2.31. The number of nitrogens with one attached hydrogen (secondary N) is 1. The molecule has 3 aliphatic rings. The predicted molar refractivity (Wildman–Crippen MR) is 72.3 cm³/mol. The van der Waals surface area contributed by atoms with Gasteiger partial charge in [0.2, 0.25) is 5.91 Å². The maximum atomic E-state index is 12.3. The van der Waals surface area contributed by atoms with Crippen molar-refractivity contribution in [3.05, 3.63) is 0 Å². The lowest BCUT2D eigenvalue weighted by Gasteiger charge is -2.24. The molecule has 0 heterocycles. The highest BCUT2D eigenvalue weighted by Crippen LogP contribution is 2.33. The van der Waals surface area contributed by atoms with Gasteiger partial charge in [-0.05, 0) is 50.4 Å². The number of amides is 1. The van der Waals surface area contributed by atoms with Crippen LogP contribution in [0.4, 0.5) is 0 Å². The van der Waals surface area contributed by atoms with Gasteiger partial charge in [-0.3, -0.25) is 4.79 Å². The molecule has 18 heavy (non-hydrogen) atoms. The van der Waals surface area contributed by atoms with Crippen LogP contribution >= 0.6 is 0 Å². The molecule has 0 unspecified atom stereocenters. The third-order valence-electron chi connectivity index (χ3n) is 4.60. The third kappa shape index (κ3) is 3.71. The van der Waals surface area contributed by atoms with Crippen LogP contribution in [0.1, 0.15) is 51.4 Å². The van der Waals surface area contributed by atoms with E-state index in [2.05, 4.69) is 10.2 Å². The lowest BCUT2D eigenvalue weighted by molar-refractivity contribution is -0.130. The molecule has 1 N–H and O–H groups in total. The topological polar surface area (TPSA) is 32.3 Å². The molecular weight excluding hydrogens is 224 g/mol. The number of hydrogen-bond acceptors (Lipinski definition) is 2. The summed E-state index contributed by atoms with van der Waals surface area (Å²) >= 11 is 0. The molecule has 0 aromatic rings. The van der Waals surface area contributed by atoms with Crippen LogP contribution in [-0.4, -0.2) is 36.5 Å². The Morgan fingerprint density at radius 1 is 0.944 bits per heavy atom. The van der Waals surface area contributed by atoms with Crippen LogP contribution in [0.3, 0.4) is 0 Å². The molecule has 102 valence electrons. The zero-order valence-corrected chi connectivity index (χ0v) is 11.4. The summed E-state index contributed by atoms with van der Waals surface area (Å²) in [5.41, 5.74) is 0. The van der Waals surface area contributed by atoms with Gasteiger partial charge in [-0.25, -0.2) is 0 Å². The lowest BCUT2D eigenvalue weighted by atomic mass is 10.2. The fourth-order valence-corrected chi connectivity index (χ4v) is 2.98. The summed E-state index contributed by atoms with van der Waals surface area (Å²) in [6.45, 7) is 2.63. The van der Waals surface area contributed by atoms with E-state index in [1.165, 1.54) is 51.4 Å². The van der Waals surface area contributed by atoms with E-state index < -0.39 is 0 Å². The number of rotatable bonds is 7. The Morgan fingerprint density at radius 3 is 2.00 bits per heavy atom. The Hall–Kier alpha value is -0.570. The second kappa shape index (κ2) is 5.60. The van der Waals surface area contributed by atoms with E-state index >= 15 is 0 Å². The van der Waals surface area contributed by atoms with Crippen molar-refractivity contribution in [2.45, 2.75) is 57.4 Å². The van der Waals surface area contributed by atoms with Gasteiger partial charge in [-0.2, -0.15) is 0 Å². The first-order chi connectivity index (χ1) is 8.81. The van der Waals surface area contributed by atoms with Crippen LogP contribution in [0.5, 0.6) is 0 Å². The number of nitrogens with zero attached hydrogens (tertiary/aromatic N) is 1. The van der Waals surface area contributed by atoms with E-state index in [-0.39, 0.29) is 0 Å². The van der Waals surface area contributed by atoms with Crippen LogP contribution in [0, 0.1) is 11.8 Å². The van der Waals surface area contributed by atoms with E-state index in [0.717, 1.165) is 24.9 Å². The van der Waals surface area contributed by atoms with Crippen molar-refractivity contribution in [1.82, 2.24) is 10.2 Å². The third-order valence-corrected chi connectivity index (χ3v) is 4.60. The quantitative estimate of drug-likeness (QED) is 0.751. The number of carbonyl (C=O) groups is 1. The summed E-state index contributed by atoms with van der Waals surface area (Å²) in [4.78, 5) is 14.4. The van der Waals surface area contributed by atoms with Crippen LogP contribution in [0.25, 0.3) is 0 Å². The van der Waals surface area contributed by atoms with Crippen molar-refractivity contribution in [3.8, 4) is 0 Å². The normalized spacial score (nSPS) is 24.4. The molecular formula is C15H26N2O. The first kappa shape index (κ1) is 12.5. The van der Waals surface area contributed by atoms with Gasteiger partial charge in [0.25, 0.3) is 0 Å². The largest absolute Gasteiger partial charge is 0.341 e. The Labute approximate surface area is 110 Å². The molecule has 3 nitrogen and oxygen atoms in total. The van der Waals surface area contributed by atoms with Gasteiger partial charge >= 0.3 is 0 Å². The van der Waals surface area contributed by atoms with Gasteiger partial charge in [0.1, 0.15) is 0 Å². The van der Waals surface area contributed by atoms with Gasteiger partial charge in [0.15, 0.2) is 0 Å². The molecule has 0 atom stereocenters. The predicted octanol–water partition coefficient (Wildman–Crippen LogP) is 2.17. The molecule has 3 saturated carbocycles. The average molecular weight is 250 g/mol. The minimum Gasteiger partial charge on any atom is -0.341 e. The fraction of sp³-hybridized carbons (Fsp3) is 0.933. The number of carbonyl (C=O) groups excluding carboxylic acids is 1. The van der Waals surface area contributed by atoms with Crippen molar-refractivity contribution in [3.63, 3.8) is 0 Å². The molecule has 3 heteroatoms. The highest BCUT2D eigenvalue weighted by molar-refractivity contribution is 5.78. The van der Waals surface area contributed by atoms with Gasteiger partial charge in [0, 0.05) is 19.1 Å². The first-order valence-corrected chi connectivity index (χ1v) is 7.82. The first-order valence-electron chi connectivity index (χ1n) is 7.82. The second-order valence-electron chi connectivity index (χ2n) is 6.55. The molecule has 3 rings (SSSR count). The molecule has 3 aliphatic carbocycles. The maximum Gasteiger partial charge on any atom is 0.236 e. The summed E-state index contributed by atoms with van der Waals surface area (Å²) in [6.07, 6.45) is 10.5. The van der Waals surface area contributed by atoms with E-state index in [0.29, 0.717) is 18.5 Å². The summed E-state index contributed by atoms with van der Waals surface area (Å²) in [7, 11) is 0. The van der Waals surface area contributed by atoms with Gasteiger partial charge in [-0.15, -0.1) is 0 Å². The minimum atomic E-state index is 0.348. The zero-order chi connectivity index (χ0) is 12.4. The Bertz CT molecular complexity index is 277. The minimum absolute atomic E-state index is 0.348. The van der Waals surface area contributed by atoms with E-state index in [1.54, 1.807) is 0 Å². The zero-order valence-electron chi connectivity index (χ0n) is 11.4. The van der Waals surface area contributed by atoms with Crippen LogP contribution in [-0.2, 0) is 4.79 Å². The smallest absolute Gasteiger partial charge is 0.236 e. The van der Waals surface area contributed by atoms with E-state index in [1.807, 2.05) is 0 Å². The maximum absolute atomic E-state index is 12.3. The van der Waals surface area contributed by atoms with E-state index in [4.69, 9.17) is 0 Å². The molecule has 1 amide bonds. The highest BCUT2D eigenvalue weighted by atomic mass is 16.2. The SMILES string of the molecule is O=C(CNC1CCCC1)N(CC1CC1)CC1CC1. The summed E-state index contributed by atoms with van der Waals surface area (Å²) < 4.78 is 0. The summed E-state index contributed by atoms with van der Waals surface area (Å²) in [5.74, 6) is 1.99. The van der Waals surface area contributed by atoms with Gasteiger partial charge in [0.05, 0.1) is 6.54 Å². The van der Waals surface area contributed by atoms with Crippen molar-refractivity contribution >= 4 is 5.91 Å². The molecule has 0 spiro atoms. The molecule has 0 radical (unpaired) electrons. The van der Waals surface area contributed by atoms with Crippen molar-refractivity contribution in [1.29, 1.82) is 0 Å². The molecule has 0 aromatic heterocycles. The molecule has 0 saturated heterocycles. The van der Waals surface area contributed by atoms with Crippen LogP contribution in [0.15, 0.2) is 0 Å². The number of hydrogen-bond donors (Lipinski definition) is 1. The van der Waals surface area contributed by atoms with Gasteiger partial charge < -0.3 is 10.2 Å². The standard InChI is InChI=1S/C15H26N2O/c18-15(9-16-14-3-1-2-4-14)17(10-12-5-6-12)11-13-7-8-13/h12-14,16H,1-11H2. The van der Waals surface area contributed by atoms with Crippen LogP contribution in [0.2, 0.25) is 0 Å². The van der Waals surface area contributed by atoms with Crippen molar-refractivity contribution in [2.24, 2.45) is 11.8 Å². The Balaban J connectivity index is 1.43. The summed E-state index contributed by atoms with van der Waals surface area (Å²) in [5, 5.41) is 3.46. The molecule has 0 aliphatic heterocycles. The monoisotopic (exact) mass is 250 g/mol. The molecule has 0 aromatic carbocycles. The van der Waals surface area contributed by atoms with Crippen molar-refractivity contribution in [2.75, 3.05) is 19.6 Å². The Morgan fingerprint density at radius 2 is 1.50 bits per heavy atom. The van der Waals surface area contributed by atoms with Crippen LogP contribution < -0.4 is 5.32 Å². The van der Waals surface area contributed by atoms with E-state index in [9.17, 15) is 4.79 Å². The average Bonchev–Trinajstić information content (AvgIpc) is 3.29. The van der Waals surface area contributed by atoms with Crippen molar-refractivity contribution < 1.29 is 4.79 Å². The van der Waals surface area contributed by atoms with Gasteiger partial charge in [-0.1, -0.05) is 12.8 Å². The molecule has 3 fully saturated rings. The Kier molecular flexibility index (Phi) is 3.88. The lowest BCUT2D eigenvalue weighted by Crippen LogP contribution is -2.42. The summed E-state index contributed by atoms with van der Waals surface area (Å²) in [6, 6.07) is 0.609.